The normalized spacial score (nSPS) is 15.1. The summed E-state index contributed by atoms with van der Waals surface area (Å²) in [7, 11) is 1.58. The molecule has 2 heterocycles. The number of fused-ring (bicyclic) bond motifs is 1. The van der Waals surface area contributed by atoms with Crippen molar-refractivity contribution in [2.24, 2.45) is 5.73 Å². The zero-order chi connectivity index (χ0) is 22.1. The van der Waals surface area contributed by atoms with Crippen LogP contribution in [0.5, 0.6) is 17.4 Å². The van der Waals surface area contributed by atoms with Crippen molar-refractivity contribution >= 4 is 23.2 Å². The van der Waals surface area contributed by atoms with Gasteiger partial charge in [0.25, 0.3) is 0 Å². The van der Waals surface area contributed by atoms with Gasteiger partial charge >= 0.3 is 0 Å². The summed E-state index contributed by atoms with van der Waals surface area (Å²) in [6, 6.07) is 12.8. The fraction of sp³-hybridized carbons (Fsp3) is 0.182. The van der Waals surface area contributed by atoms with E-state index in [9.17, 15) is 5.26 Å². The summed E-state index contributed by atoms with van der Waals surface area (Å²) in [5, 5.41) is 17.7. The van der Waals surface area contributed by atoms with E-state index in [1.165, 1.54) is 0 Å². The SMILES string of the molecule is COc1ccc(C2C(C#N)=C(N)Oc3n[nH]c(C)c32)cc1COc1ccc(Cl)cc1Cl. The summed E-state index contributed by atoms with van der Waals surface area (Å²) >= 11 is 12.2. The summed E-state index contributed by atoms with van der Waals surface area (Å²) in [5.74, 6) is 1.10. The molecular weight excluding hydrogens is 439 g/mol. The number of nitrogens with zero attached hydrogens (tertiary/aromatic N) is 2. The molecule has 0 aliphatic carbocycles. The van der Waals surface area contributed by atoms with E-state index in [4.69, 9.17) is 43.1 Å². The monoisotopic (exact) mass is 456 g/mol. The molecule has 9 heteroatoms. The van der Waals surface area contributed by atoms with E-state index in [1.807, 2.05) is 25.1 Å². The Kier molecular flexibility index (Phi) is 5.68. The van der Waals surface area contributed by atoms with Gasteiger partial charge in [-0.15, -0.1) is 5.10 Å². The number of aryl methyl sites for hydroxylation is 1. The van der Waals surface area contributed by atoms with Gasteiger partial charge in [0.15, 0.2) is 0 Å². The number of allylic oxidation sites excluding steroid dienone is 1. The number of H-pyrrole nitrogens is 1. The molecule has 0 amide bonds. The van der Waals surface area contributed by atoms with Gasteiger partial charge in [-0.1, -0.05) is 29.3 Å². The minimum Gasteiger partial charge on any atom is -0.496 e. The van der Waals surface area contributed by atoms with E-state index in [0.29, 0.717) is 33.0 Å². The number of nitriles is 1. The largest absolute Gasteiger partial charge is 0.496 e. The van der Waals surface area contributed by atoms with Gasteiger partial charge in [-0.05, 0) is 42.8 Å². The maximum absolute atomic E-state index is 9.75. The van der Waals surface area contributed by atoms with Crippen molar-refractivity contribution in [2.75, 3.05) is 7.11 Å². The number of methoxy groups -OCH3 is 1. The highest BCUT2D eigenvalue weighted by atomic mass is 35.5. The summed E-state index contributed by atoms with van der Waals surface area (Å²) in [6.07, 6.45) is 0. The van der Waals surface area contributed by atoms with Crippen LogP contribution in [-0.4, -0.2) is 17.3 Å². The van der Waals surface area contributed by atoms with Gasteiger partial charge in [0, 0.05) is 21.8 Å². The Hall–Kier alpha value is -3.34. The van der Waals surface area contributed by atoms with Gasteiger partial charge in [0.2, 0.25) is 11.8 Å². The lowest BCUT2D eigenvalue weighted by Gasteiger charge is -2.24. The molecule has 3 aromatic rings. The van der Waals surface area contributed by atoms with E-state index in [-0.39, 0.29) is 12.5 Å². The molecule has 0 saturated heterocycles. The van der Waals surface area contributed by atoms with Crippen molar-refractivity contribution in [1.82, 2.24) is 10.2 Å². The molecular formula is C22H18Cl2N4O3. The molecule has 0 spiro atoms. The molecule has 3 N–H and O–H groups in total. The third kappa shape index (κ3) is 3.88. The predicted molar refractivity (Wildman–Crippen MR) is 116 cm³/mol. The predicted octanol–water partition coefficient (Wildman–Crippen LogP) is 4.83. The molecule has 1 unspecified atom stereocenters. The van der Waals surface area contributed by atoms with Gasteiger partial charge in [0.05, 0.1) is 18.1 Å². The van der Waals surface area contributed by atoms with Crippen LogP contribution in [0.4, 0.5) is 0 Å². The number of nitrogens with two attached hydrogens (primary N) is 1. The van der Waals surface area contributed by atoms with Crippen LogP contribution in [-0.2, 0) is 6.61 Å². The molecule has 158 valence electrons. The minimum absolute atomic E-state index is 0.0352. The third-order valence-corrected chi connectivity index (χ3v) is 5.57. The molecule has 1 atom stereocenters. The first kappa shape index (κ1) is 20.9. The van der Waals surface area contributed by atoms with E-state index >= 15 is 0 Å². The zero-order valence-corrected chi connectivity index (χ0v) is 18.2. The van der Waals surface area contributed by atoms with Crippen molar-refractivity contribution < 1.29 is 14.2 Å². The van der Waals surface area contributed by atoms with Crippen LogP contribution in [0.1, 0.15) is 28.3 Å². The number of aromatic nitrogens is 2. The number of rotatable bonds is 5. The Morgan fingerprint density at radius 2 is 2.00 bits per heavy atom. The Morgan fingerprint density at radius 3 is 2.71 bits per heavy atom. The van der Waals surface area contributed by atoms with Crippen molar-refractivity contribution in [2.45, 2.75) is 19.4 Å². The summed E-state index contributed by atoms with van der Waals surface area (Å²) in [4.78, 5) is 0. The Bertz CT molecular complexity index is 1230. The van der Waals surface area contributed by atoms with Crippen molar-refractivity contribution in [3.05, 3.63) is 80.3 Å². The lowest BCUT2D eigenvalue weighted by molar-refractivity contribution is 0.296. The molecule has 0 radical (unpaired) electrons. The second-order valence-corrected chi connectivity index (χ2v) is 7.77. The molecule has 31 heavy (non-hydrogen) atoms. The zero-order valence-electron chi connectivity index (χ0n) is 16.7. The van der Waals surface area contributed by atoms with Crippen molar-refractivity contribution in [3.8, 4) is 23.4 Å². The average Bonchev–Trinajstić information content (AvgIpc) is 3.12. The fourth-order valence-corrected chi connectivity index (χ4v) is 4.03. The third-order valence-electron chi connectivity index (χ3n) is 5.04. The van der Waals surface area contributed by atoms with Gasteiger partial charge in [0.1, 0.15) is 29.7 Å². The van der Waals surface area contributed by atoms with Crippen LogP contribution in [0, 0.1) is 18.3 Å². The summed E-state index contributed by atoms with van der Waals surface area (Å²) in [5.41, 5.74) is 9.48. The second kappa shape index (κ2) is 8.42. The Morgan fingerprint density at radius 1 is 1.23 bits per heavy atom. The molecule has 0 bridgehead atoms. The van der Waals surface area contributed by atoms with Gasteiger partial charge in [-0.3, -0.25) is 5.10 Å². The van der Waals surface area contributed by atoms with Crippen LogP contribution >= 0.6 is 23.2 Å². The number of hydrogen-bond donors (Lipinski definition) is 2. The molecule has 0 fully saturated rings. The van der Waals surface area contributed by atoms with Crippen LogP contribution < -0.4 is 19.9 Å². The lowest BCUT2D eigenvalue weighted by Crippen LogP contribution is -2.21. The maximum atomic E-state index is 9.75. The Labute approximate surface area is 188 Å². The smallest absolute Gasteiger partial charge is 0.244 e. The van der Waals surface area contributed by atoms with Gasteiger partial charge in [-0.2, -0.15) is 5.26 Å². The number of benzene rings is 2. The molecule has 7 nitrogen and oxygen atoms in total. The van der Waals surface area contributed by atoms with Crippen LogP contribution in [0.25, 0.3) is 0 Å². The first-order valence-electron chi connectivity index (χ1n) is 9.30. The number of nitrogens with one attached hydrogen (secondary N) is 1. The van der Waals surface area contributed by atoms with Crippen LogP contribution in [0.15, 0.2) is 47.9 Å². The summed E-state index contributed by atoms with van der Waals surface area (Å²) < 4.78 is 16.9. The molecule has 1 aliphatic heterocycles. The standard InChI is InChI=1S/C22H18Cl2N4O3/c1-11-19-20(15(9-25)21(26)31-22(19)28-27-11)12-3-5-17(29-2)13(7-12)10-30-18-6-4-14(23)8-16(18)24/h3-8,20H,10,26H2,1-2H3,(H,27,28). The number of halogens is 2. The molecule has 4 rings (SSSR count). The van der Waals surface area contributed by atoms with E-state index in [0.717, 1.165) is 22.4 Å². The first-order chi connectivity index (χ1) is 14.9. The van der Waals surface area contributed by atoms with E-state index in [1.54, 1.807) is 25.3 Å². The fourth-order valence-electron chi connectivity index (χ4n) is 3.57. The van der Waals surface area contributed by atoms with Crippen LogP contribution in [0.3, 0.4) is 0 Å². The van der Waals surface area contributed by atoms with E-state index in [2.05, 4.69) is 16.3 Å². The minimum atomic E-state index is -0.434. The first-order valence-corrected chi connectivity index (χ1v) is 10.1. The lowest BCUT2D eigenvalue weighted by atomic mass is 9.83. The molecule has 2 aromatic carbocycles. The van der Waals surface area contributed by atoms with Gasteiger partial charge in [-0.25, -0.2) is 0 Å². The number of ether oxygens (including phenoxy) is 3. The van der Waals surface area contributed by atoms with Gasteiger partial charge < -0.3 is 19.9 Å². The molecule has 1 aromatic heterocycles. The van der Waals surface area contributed by atoms with E-state index < -0.39 is 5.92 Å². The highest BCUT2D eigenvalue weighted by Gasteiger charge is 2.34. The number of hydrogen-bond acceptors (Lipinski definition) is 6. The molecule has 1 aliphatic rings. The molecule has 0 saturated carbocycles. The quantitative estimate of drug-likeness (QED) is 0.569. The van der Waals surface area contributed by atoms with Crippen molar-refractivity contribution in [3.63, 3.8) is 0 Å². The van der Waals surface area contributed by atoms with Crippen LogP contribution in [0.2, 0.25) is 10.0 Å². The highest BCUT2D eigenvalue weighted by molar-refractivity contribution is 6.35. The average molecular weight is 457 g/mol. The Balaban J connectivity index is 1.73. The van der Waals surface area contributed by atoms with Crippen molar-refractivity contribution in [1.29, 1.82) is 5.26 Å². The maximum Gasteiger partial charge on any atom is 0.244 e. The highest BCUT2D eigenvalue weighted by Crippen LogP contribution is 2.43. The summed E-state index contributed by atoms with van der Waals surface area (Å²) in [6.45, 7) is 2.06. The second-order valence-electron chi connectivity index (χ2n) is 6.93. The topological polar surface area (TPSA) is 106 Å². The number of aromatic amines is 1.